The van der Waals surface area contributed by atoms with Gasteiger partial charge in [0.05, 0.1) is 0 Å². The molecule has 0 unspecified atom stereocenters. The lowest BCUT2D eigenvalue weighted by Gasteiger charge is -2.08. The van der Waals surface area contributed by atoms with Crippen LogP contribution >= 0.6 is 11.6 Å². The van der Waals surface area contributed by atoms with Crippen LogP contribution in [-0.4, -0.2) is 23.9 Å². The minimum Gasteiger partial charge on any atom is -0.329 e. The topological polar surface area (TPSA) is 20.3 Å². The van der Waals surface area contributed by atoms with Crippen molar-refractivity contribution in [2.75, 3.05) is 13.6 Å². The highest BCUT2D eigenvalue weighted by molar-refractivity contribution is 6.62. The van der Waals surface area contributed by atoms with E-state index in [0.717, 1.165) is 5.56 Å². The summed E-state index contributed by atoms with van der Waals surface area (Å²) in [4.78, 5) is 12.1. The summed E-state index contributed by atoms with van der Waals surface area (Å²) in [5.74, 6) is 0. The predicted octanol–water partition coefficient (Wildman–Crippen LogP) is 2.99. The van der Waals surface area contributed by atoms with Crippen molar-refractivity contribution in [3.63, 3.8) is 0 Å². The number of carbonyl (C=O) groups is 1. The van der Waals surface area contributed by atoms with E-state index in [1.807, 2.05) is 42.5 Å². The van der Waals surface area contributed by atoms with Crippen LogP contribution in [0, 0.1) is 0 Å². The maximum absolute atomic E-state index is 10.6. The first-order valence-electron chi connectivity index (χ1n) is 4.32. The van der Waals surface area contributed by atoms with E-state index in [9.17, 15) is 4.79 Å². The molecule has 14 heavy (non-hydrogen) atoms. The molecule has 1 aromatic rings. The molecule has 74 valence electrons. The van der Waals surface area contributed by atoms with Crippen LogP contribution in [0.2, 0.25) is 0 Å². The van der Waals surface area contributed by atoms with Gasteiger partial charge in [-0.05, 0) is 17.2 Å². The molecule has 0 aliphatic rings. The Kier molecular flexibility index (Phi) is 4.20. The number of hydrogen-bond donors (Lipinski definition) is 0. The fourth-order valence-electron chi connectivity index (χ4n) is 0.983. The lowest BCUT2D eigenvalue weighted by Crippen LogP contribution is -2.20. The van der Waals surface area contributed by atoms with E-state index in [4.69, 9.17) is 11.6 Å². The molecule has 2 nitrogen and oxygen atoms in total. The number of amides is 1. The molecule has 0 N–H and O–H groups in total. The second-order valence-corrected chi connectivity index (χ2v) is 3.27. The molecular formula is C11H12ClNO. The van der Waals surface area contributed by atoms with Crippen LogP contribution in [0.25, 0.3) is 6.08 Å². The average Bonchev–Trinajstić information content (AvgIpc) is 2.19. The Labute approximate surface area is 88.8 Å². The summed E-state index contributed by atoms with van der Waals surface area (Å²) in [5.41, 5.74) is 1.11. The van der Waals surface area contributed by atoms with Crippen molar-refractivity contribution < 1.29 is 4.79 Å². The number of benzene rings is 1. The van der Waals surface area contributed by atoms with Crippen LogP contribution in [0.15, 0.2) is 36.4 Å². The van der Waals surface area contributed by atoms with Gasteiger partial charge in [0.2, 0.25) is 0 Å². The van der Waals surface area contributed by atoms with Crippen molar-refractivity contribution in [3.05, 3.63) is 42.0 Å². The maximum atomic E-state index is 10.6. The molecule has 0 atom stereocenters. The first-order valence-corrected chi connectivity index (χ1v) is 4.70. The molecule has 0 saturated heterocycles. The molecule has 0 aliphatic heterocycles. The second kappa shape index (κ2) is 5.45. The predicted molar refractivity (Wildman–Crippen MR) is 59.4 cm³/mol. The van der Waals surface area contributed by atoms with E-state index in [2.05, 4.69) is 0 Å². The van der Waals surface area contributed by atoms with Crippen molar-refractivity contribution in [2.45, 2.75) is 0 Å². The minimum atomic E-state index is -0.442. The number of rotatable bonds is 3. The fraction of sp³-hybridized carbons (Fsp3) is 0.182. The number of nitrogens with zero attached hydrogens (tertiary/aromatic N) is 1. The highest BCUT2D eigenvalue weighted by atomic mass is 35.5. The normalized spacial score (nSPS) is 10.4. The first kappa shape index (κ1) is 10.8. The Hall–Kier alpha value is -1.28. The third-order valence-corrected chi connectivity index (χ3v) is 2.08. The first-order chi connectivity index (χ1) is 6.70. The molecule has 0 heterocycles. The third-order valence-electron chi connectivity index (χ3n) is 1.79. The van der Waals surface area contributed by atoms with Crippen LogP contribution in [0.4, 0.5) is 4.79 Å². The quantitative estimate of drug-likeness (QED) is 0.554. The maximum Gasteiger partial charge on any atom is 0.316 e. The molecular weight excluding hydrogens is 198 g/mol. The molecule has 0 fully saturated rings. The summed E-state index contributed by atoms with van der Waals surface area (Å²) in [5, 5.41) is -0.442. The van der Waals surface area contributed by atoms with Crippen molar-refractivity contribution in [3.8, 4) is 0 Å². The van der Waals surface area contributed by atoms with Crippen LogP contribution < -0.4 is 0 Å². The van der Waals surface area contributed by atoms with Crippen LogP contribution in [0.5, 0.6) is 0 Å². The van der Waals surface area contributed by atoms with Gasteiger partial charge in [-0.15, -0.1) is 0 Å². The van der Waals surface area contributed by atoms with Crippen molar-refractivity contribution >= 4 is 23.0 Å². The van der Waals surface area contributed by atoms with Gasteiger partial charge >= 0.3 is 5.37 Å². The van der Waals surface area contributed by atoms with Crippen LogP contribution in [-0.2, 0) is 0 Å². The Morgan fingerprint density at radius 1 is 1.43 bits per heavy atom. The lowest BCUT2D eigenvalue weighted by atomic mass is 10.2. The lowest BCUT2D eigenvalue weighted by molar-refractivity contribution is 0.236. The SMILES string of the molecule is CN(C/C=C/c1ccccc1)C(=O)Cl. The van der Waals surface area contributed by atoms with Gasteiger partial charge in [0.1, 0.15) is 0 Å². The number of hydrogen-bond acceptors (Lipinski definition) is 1. The van der Waals surface area contributed by atoms with E-state index in [1.54, 1.807) is 7.05 Å². The van der Waals surface area contributed by atoms with Crippen molar-refractivity contribution in [2.24, 2.45) is 0 Å². The summed E-state index contributed by atoms with van der Waals surface area (Å²) in [6.07, 6.45) is 3.85. The highest BCUT2D eigenvalue weighted by Gasteiger charge is 1.99. The Bertz CT molecular complexity index is 321. The van der Waals surface area contributed by atoms with E-state index < -0.39 is 5.37 Å². The summed E-state index contributed by atoms with van der Waals surface area (Å²) in [6, 6.07) is 9.90. The van der Waals surface area contributed by atoms with Gasteiger partial charge in [-0.3, -0.25) is 4.79 Å². The van der Waals surface area contributed by atoms with Gasteiger partial charge in [-0.2, -0.15) is 0 Å². The summed E-state index contributed by atoms with van der Waals surface area (Å²) < 4.78 is 0. The molecule has 3 heteroatoms. The summed E-state index contributed by atoms with van der Waals surface area (Å²) in [6.45, 7) is 0.525. The molecule has 1 amide bonds. The van der Waals surface area contributed by atoms with Gasteiger partial charge in [0.15, 0.2) is 0 Å². The van der Waals surface area contributed by atoms with E-state index in [1.165, 1.54) is 4.90 Å². The molecule has 1 aromatic carbocycles. The van der Waals surface area contributed by atoms with E-state index >= 15 is 0 Å². The number of halogens is 1. The van der Waals surface area contributed by atoms with E-state index in [0.29, 0.717) is 6.54 Å². The Balaban J connectivity index is 2.46. The molecule has 0 saturated carbocycles. The van der Waals surface area contributed by atoms with Crippen molar-refractivity contribution in [1.29, 1.82) is 0 Å². The van der Waals surface area contributed by atoms with Crippen molar-refractivity contribution in [1.82, 2.24) is 4.90 Å². The zero-order valence-corrected chi connectivity index (χ0v) is 8.74. The molecule has 0 aliphatic carbocycles. The molecule has 0 spiro atoms. The standard InChI is InChI=1S/C11H12ClNO/c1-13(11(12)14)9-5-8-10-6-3-2-4-7-10/h2-8H,9H2,1H3/b8-5+. The monoisotopic (exact) mass is 209 g/mol. The molecule has 0 radical (unpaired) electrons. The number of carbonyl (C=O) groups excluding carboxylic acids is 1. The summed E-state index contributed by atoms with van der Waals surface area (Å²) >= 11 is 5.26. The Morgan fingerprint density at radius 2 is 2.07 bits per heavy atom. The Morgan fingerprint density at radius 3 is 2.64 bits per heavy atom. The molecule has 0 bridgehead atoms. The smallest absolute Gasteiger partial charge is 0.316 e. The van der Waals surface area contributed by atoms with Gasteiger partial charge in [0, 0.05) is 13.6 Å². The zero-order chi connectivity index (χ0) is 10.4. The summed E-state index contributed by atoms with van der Waals surface area (Å²) in [7, 11) is 1.66. The van der Waals surface area contributed by atoms with Gasteiger partial charge in [0.25, 0.3) is 0 Å². The molecule has 0 aromatic heterocycles. The fourth-order valence-corrected chi connectivity index (χ4v) is 1.05. The van der Waals surface area contributed by atoms with Crippen LogP contribution in [0.1, 0.15) is 5.56 Å². The highest BCUT2D eigenvalue weighted by Crippen LogP contribution is 2.01. The van der Waals surface area contributed by atoms with Gasteiger partial charge in [-0.1, -0.05) is 42.5 Å². The van der Waals surface area contributed by atoms with Gasteiger partial charge in [-0.25, -0.2) is 0 Å². The second-order valence-electron chi connectivity index (χ2n) is 2.95. The van der Waals surface area contributed by atoms with Gasteiger partial charge < -0.3 is 4.90 Å². The average molecular weight is 210 g/mol. The zero-order valence-electron chi connectivity index (χ0n) is 7.98. The van der Waals surface area contributed by atoms with Crippen LogP contribution in [0.3, 0.4) is 0 Å². The van der Waals surface area contributed by atoms with E-state index in [-0.39, 0.29) is 0 Å². The molecule has 1 rings (SSSR count). The third kappa shape index (κ3) is 3.62. The largest absolute Gasteiger partial charge is 0.329 e. The minimum absolute atomic E-state index is 0.442. The number of likely N-dealkylation sites (N-methyl/N-ethyl adjacent to an activating group) is 1.